The van der Waals surface area contributed by atoms with Crippen LogP contribution in [0.4, 0.5) is 0 Å². The van der Waals surface area contributed by atoms with Crippen molar-refractivity contribution in [3.8, 4) is 0 Å². The molecule has 378 valence electrons. The van der Waals surface area contributed by atoms with Gasteiger partial charge in [0.2, 0.25) is 0 Å². The molecule has 2 unspecified atom stereocenters. The summed E-state index contributed by atoms with van der Waals surface area (Å²) in [6, 6.07) is -0.621. The topological polar surface area (TPSA) is 99.1 Å². The van der Waals surface area contributed by atoms with E-state index in [0.717, 1.165) is 64.2 Å². The summed E-state index contributed by atoms with van der Waals surface area (Å²) in [6.07, 6.45) is 58.8. The first-order chi connectivity index (χ1) is 31.6. The fourth-order valence-electron chi connectivity index (χ4n) is 8.03. The SMILES string of the molecule is CCCCCCC/C=C/C=C/C=C/CCCCCCCC(=O)OC(COCCC(C(=O)O)[N+](C)(C)C)COC(=O)CCCCCCCCC/C=C/CCCCCCCCCCCCCC. The van der Waals surface area contributed by atoms with E-state index in [4.69, 9.17) is 14.2 Å². The second kappa shape index (κ2) is 47.8. The number of unbranched alkanes of at least 4 members (excludes halogenated alkanes) is 29. The number of carbonyl (C=O) groups excluding carboxylic acids is 2. The van der Waals surface area contributed by atoms with E-state index in [1.54, 1.807) is 0 Å². The third kappa shape index (κ3) is 46.2. The summed E-state index contributed by atoms with van der Waals surface area (Å²) in [5, 5.41) is 9.66. The zero-order valence-electron chi connectivity index (χ0n) is 43.2. The molecule has 1 N–H and O–H groups in total. The Labute approximate surface area is 401 Å². The lowest BCUT2D eigenvalue weighted by Crippen LogP contribution is -2.50. The number of hydrogen-bond acceptors (Lipinski definition) is 6. The van der Waals surface area contributed by atoms with E-state index in [2.05, 4.69) is 62.5 Å². The number of carbonyl (C=O) groups is 3. The molecule has 0 radical (unpaired) electrons. The Morgan fingerprint density at radius 3 is 1.23 bits per heavy atom. The summed E-state index contributed by atoms with van der Waals surface area (Å²) in [5.74, 6) is -1.49. The number of nitrogens with zero attached hydrogens (tertiary/aromatic N) is 1. The van der Waals surface area contributed by atoms with E-state index in [-0.39, 0.29) is 36.2 Å². The van der Waals surface area contributed by atoms with Crippen LogP contribution < -0.4 is 0 Å². The van der Waals surface area contributed by atoms with Crippen molar-refractivity contribution in [3.63, 3.8) is 0 Å². The minimum atomic E-state index is -0.878. The van der Waals surface area contributed by atoms with Gasteiger partial charge in [-0.25, -0.2) is 4.79 Å². The molecule has 65 heavy (non-hydrogen) atoms. The summed E-state index contributed by atoms with van der Waals surface area (Å²) in [4.78, 5) is 37.2. The van der Waals surface area contributed by atoms with Crippen LogP contribution in [0.5, 0.6) is 0 Å². The smallest absolute Gasteiger partial charge is 0.362 e. The monoisotopic (exact) mass is 915 g/mol. The van der Waals surface area contributed by atoms with Crippen LogP contribution in [0, 0.1) is 0 Å². The third-order valence-electron chi connectivity index (χ3n) is 12.3. The van der Waals surface area contributed by atoms with Crippen LogP contribution in [0.3, 0.4) is 0 Å². The molecule has 0 aliphatic carbocycles. The first kappa shape index (κ1) is 62.3. The number of rotatable bonds is 49. The van der Waals surface area contributed by atoms with Crippen molar-refractivity contribution >= 4 is 17.9 Å². The fourth-order valence-corrected chi connectivity index (χ4v) is 8.03. The maximum atomic E-state index is 12.8. The number of esters is 2. The Hall–Kier alpha value is -2.71. The first-order valence-corrected chi connectivity index (χ1v) is 27.2. The van der Waals surface area contributed by atoms with Gasteiger partial charge in [-0.15, -0.1) is 0 Å². The third-order valence-corrected chi connectivity index (χ3v) is 12.3. The molecular formula is C57H104NO7+. The lowest BCUT2D eigenvalue weighted by molar-refractivity contribution is -0.887. The lowest BCUT2D eigenvalue weighted by Gasteiger charge is -2.31. The molecule has 0 rings (SSSR count). The van der Waals surface area contributed by atoms with Crippen LogP contribution in [0.25, 0.3) is 0 Å². The van der Waals surface area contributed by atoms with Crippen LogP contribution in [0.1, 0.15) is 245 Å². The number of hydrogen-bond donors (Lipinski definition) is 1. The van der Waals surface area contributed by atoms with Crippen molar-refractivity contribution < 1.29 is 38.2 Å². The van der Waals surface area contributed by atoms with E-state index in [1.165, 1.54) is 148 Å². The van der Waals surface area contributed by atoms with Crippen LogP contribution in [-0.4, -0.2) is 80.6 Å². The zero-order valence-corrected chi connectivity index (χ0v) is 43.2. The minimum Gasteiger partial charge on any atom is -0.477 e. The molecule has 0 saturated carbocycles. The van der Waals surface area contributed by atoms with Gasteiger partial charge in [0.25, 0.3) is 0 Å². The van der Waals surface area contributed by atoms with Crippen molar-refractivity contribution in [1.82, 2.24) is 0 Å². The first-order valence-electron chi connectivity index (χ1n) is 27.2. The summed E-state index contributed by atoms with van der Waals surface area (Å²) in [7, 11) is 5.53. The van der Waals surface area contributed by atoms with E-state index < -0.39 is 18.1 Å². The molecular weight excluding hydrogens is 811 g/mol. The van der Waals surface area contributed by atoms with Gasteiger partial charge in [-0.2, -0.15) is 0 Å². The van der Waals surface area contributed by atoms with E-state index in [0.29, 0.717) is 19.3 Å². The second-order valence-corrected chi connectivity index (χ2v) is 19.5. The standard InChI is InChI=1S/C57H103NO7/c1-6-8-10-12-14-16-18-20-22-24-26-27-28-29-30-32-33-35-37-39-41-43-45-47-55(59)64-52-53(51-63-50-49-54(57(61)62)58(3,4)5)65-56(60)48-46-44-42-40-38-36-34-31-25-23-21-19-17-15-13-11-9-7-2/h19,21,23,25,29-31,34,53-54H,6-18,20,22,24,26-28,32-33,35-52H2,1-5H3/p+1/b21-19+,25-23+,30-29+,34-31+. The maximum absolute atomic E-state index is 12.8. The molecule has 0 heterocycles. The molecule has 0 aromatic carbocycles. The van der Waals surface area contributed by atoms with Gasteiger partial charge < -0.3 is 23.8 Å². The van der Waals surface area contributed by atoms with Gasteiger partial charge >= 0.3 is 17.9 Å². The predicted octanol–water partition coefficient (Wildman–Crippen LogP) is 15.9. The van der Waals surface area contributed by atoms with E-state index >= 15 is 0 Å². The van der Waals surface area contributed by atoms with Gasteiger partial charge in [0, 0.05) is 19.3 Å². The highest BCUT2D eigenvalue weighted by Gasteiger charge is 2.31. The highest BCUT2D eigenvalue weighted by Crippen LogP contribution is 2.15. The van der Waals surface area contributed by atoms with Crippen molar-refractivity contribution in [1.29, 1.82) is 0 Å². The number of quaternary nitrogens is 1. The van der Waals surface area contributed by atoms with Crippen molar-refractivity contribution in [2.75, 3.05) is 41.0 Å². The highest BCUT2D eigenvalue weighted by atomic mass is 16.6. The Bertz CT molecular complexity index is 1200. The number of carboxylic acids is 1. The number of allylic oxidation sites excluding steroid dienone is 8. The maximum Gasteiger partial charge on any atom is 0.362 e. The number of ether oxygens (including phenoxy) is 3. The summed E-state index contributed by atoms with van der Waals surface area (Å²) >= 11 is 0. The molecule has 0 amide bonds. The quantitative estimate of drug-likeness (QED) is 0.0213. The zero-order chi connectivity index (χ0) is 47.7. The van der Waals surface area contributed by atoms with Crippen LogP contribution >= 0.6 is 0 Å². The molecule has 0 saturated heterocycles. The number of carboxylic acid groups (broad SMARTS) is 1. The Morgan fingerprint density at radius 2 is 0.831 bits per heavy atom. The number of aliphatic carboxylic acids is 1. The Morgan fingerprint density at radius 1 is 0.462 bits per heavy atom. The van der Waals surface area contributed by atoms with Gasteiger partial charge in [0.05, 0.1) is 34.4 Å². The average molecular weight is 915 g/mol. The van der Waals surface area contributed by atoms with Gasteiger partial charge in [-0.05, 0) is 64.2 Å². The molecule has 0 aromatic rings. The van der Waals surface area contributed by atoms with Crippen LogP contribution in [-0.2, 0) is 28.6 Å². The Kier molecular flexibility index (Phi) is 45.8. The Balaban J connectivity index is 4.23. The molecule has 0 fully saturated rings. The largest absolute Gasteiger partial charge is 0.477 e. The van der Waals surface area contributed by atoms with Crippen LogP contribution in [0.15, 0.2) is 48.6 Å². The molecule has 8 nitrogen and oxygen atoms in total. The predicted molar refractivity (Wildman–Crippen MR) is 275 cm³/mol. The summed E-state index contributed by atoms with van der Waals surface area (Å²) < 4.78 is 17.4. The second-order valence-electron chi connectivity index (χ2n) is 19.5. The summed E-state index contributed by atoms with van der Waals surface area (Å²) in [5.41, 5.74) is 0. The lowest BCUT2D eigenvalue weighted by atomic mass is 10.0. The highest BCUT2D eigenvalue weighted by molar-refractivity contribution is 5.72. The van der Waals surface area contributed by atoms with Gasteiger partial charge in [0.1, 0.15) is 6.61 Å². The molecule has 0 aliphatic heterocycles. The molecule has 0 aliphatic rings. The van der Waals surface area contributed by atoms with Crippen molar-refractivity contribution in [3.05, 3.63) is 48.6 Å². The molecule has 0 aromatic heterocycles. The summed E-state index contributed by atoms with van der Waals surface area (Å²) in [6.45, 7) is 4.72. The van der Waals surface area contributed by atoms with Gasteiger partial charge in [-0.1, -0.05) is 210 Å². The van der Waals surface area contributed by atoms with Crippen LogP contribution in [0.2, 0.25) is 0 Å². The van der Waals surface area contributed by atoms with E-state index in [1.807, 2.05) is 21.1 Å². The number of likely N-dealkylation sites (N-methyl/N-ethyl adjacent to an activating group) is 1. The van der Waals surface area contributed by atoms with E-state index in [9.17, 15) is 19.5 Å². The minimum absolute atomic E-state index is 0.0514. The van der Waals surface area contributed by atoms with Gasteiger partial charge in [-0.3, -0.25) is 9.59 Å². The average Bonchev–Trinajstić information content (AvgIpc) is 3.27. The molecule has 0 spiro atoms. The fraction of sp³-hybridized carbons (Fsp3) is 0.807. The molecule has 8 heteroatoms. The van der Waals surface area contributed by atoms with Gasteiger partial charge in [0.15, 0.2) is 12.1 Å². The van der Waals surface area contributed by atoms with Crippen molar-refractivity contribution in [2.24, 2.45) is 0 Å². The van der Waals surface area contributed by atoms with Crippen molar-refractivity contribution in [2.45, 2.75) is 257 Å². The molecule has 2 atom stereocenters. The normalized spacial score (nSPS) is 13.2. The molecule has 0 bridgehead atoms.